The van der Waals surface area contributed by atoms with Crippen LogP contribution in [0.15, 0.2) is 53.6 Å². The van der Waals surface area contributed by atoms with Crippen LogP contribution in [0.4, 0.5) is 0 Å². The number of thioether (sulfide) groups is 1. The van der Waals surface area contributed by atoms with Crippen molar-refractivity contribution in [1.29, 1.82) is 0 Å². The van der Waals surface area contributed by atoms with Crippen LogP contribution in [0, 0.1) is 0 Å². The lowest BCUT2D eigenvalue weighted by Crippen LogP contribution is -2.41. The molecule has 2 nitrogen and oxygen atoms in total. The van der Waals surface area contributed by atoms with Gasteiger partial charge in [-0.05, 0) is 11.6 Å². The Kier molecular flexibility index (Phi) is 5.89. The third-order valence-corrected chi connectivity index (χ3v) is 6.57. The first-order valence-electron chi connectivity index (χ1n) is 7.46. The molecule has 1 saturated heterocycles. The molecule has 0 aromatic heterocycles. The van der Waals surface area contributed by atoms with Gasteiger partial charge in [0.2, 0.25) is 0 Å². The van der Waals surface area contributed by atoms with Gasteiger partial charge in [0.15, 0.2) is 0 Å². The Morgan fingerprint density at radius 3 is 2.77 bits per heavy atom. The summed E-state index contributed by atoms with van der Waals surface area (Å²) in [6.07, 6.45) is 5.97. The van der Waals surface area contributed by atoms with E-state index in [2.05, 4.69) is 29.6 Å². The van der Waals surface area contributed by atoms with Crippen LogP contribution in [0.1, 0.15) is 10.8 Å². The van der Waals surface area contributed by atoms with E-state index in [0.29, 0.717) is 0 Å². The molecule has 0 spiro atoms. The average Bonchev–Trinajstić information content (AvgIpc) is 2.56. The Labute approximate surface area is 145 Å². The van der Waals surface area contributed by atoms with Gasteiger partial charge in [-0.15, -0.1) is 23.4 Å². The number of rotatable bonds is 4. The predicted molar refractivity (Wildman–Crippen MR) is 95.9 cm³/mol. The second-order valence-electron chi connectivity index (χ2n) is 5.38. The maximum atomic E-state index is 6.46. The minimum Gasteiger partial charge on any atom is -0.374 e. The van der Waals surface area contributed by atoms with Crippen molar-refractivity contribution in [3.05, 3.63) is 59.2 Å². The van der Waals surface area contributed by atoms with Gasteiger partial charge < -0.3 is 10.1 Å². The van der Waals surface area contributed by atoms with Gasteiger partial charge in [-0.3, -0.25) is 0 Å². The zero-order valence-electron chi connectivity index (χ0n) is 12.1. The van der Waals surface area contributed by atoms with Crippen LogP contribution in [0.25, 0.3) is 0 Å². The largest absolute Gasteiger partial charge is 0.374 e. The molecule has 0 bridgehead atoms. The number of hydrogen-bond acceptors (Lipinski definition) is 3. The molecule has 118 valence electrons. The van der Waals surface area contributed by atoms with Crippen molar-refractivity contribution in [1.82, 2.24) is 5.32 Å². The van der Waals surface area contributed by atoms with E-state index < -0.39 is 0 Å². The third kappa shape index (κ3) is 3.90. The normalized spacial score (nSPS) is 29.9. The second-order valence-corrected chi connectivity index (χ2v) is 7.61. The highest BCUT2D eigenvalue weighted by Gasteiger charge is 2.33. The zero-order valence-corrected chi connectivity index (χ0v) is 14.5. The first kappa shape index (κ1) is 16.4. The van der Waals surface area contributed by atoms with Gasteiger partial charge in [-0.1, -0.05) is 54.1 Å². The van der Waals surface area contributed by atoms with E-state index in [0.717, 1.165) is 24.7 Å². The first-order chi connectivity index (χ1) is 10.8. The fraction of sp³-hybridized carbons (Fsp3) is 0.412. The van der Waals surface area contributed by atoms with Gasteiger partial charge in [0.05, 0.1) is 28.6 Å². The Morgan fingerprint density at radius 1 is 1.27 bits per heavy atom. The summed E-state index contributed by atoms with van der Waals surface area (Å²) in [5.74, 6) is 0. The Hall–Kier alpha value is -0.450. The van der Waals surface area contributed by atoms with Crippen molar-refractivity contribution < 1.29 is 4.74 Å². The molecule has 5 heteroatoms. The predicted octanol–water partition coefficient (Wildman–Crippen LogP) is 4.12. The van der Waals surface area contributed by atoms with Crippen LogP contribution in [-0.2, 0) is 4.74 Å². The zero-order chi connectivity index (χ0) is 15.4. The van der Waals surface area contributed by atoms with E-state index in [1.54, 1.807) is 11.8 Å². The van der Waals surface area contributed by atoms with Gasteiger partial charge in [0, 0.05) is 18.1 Å². The molecular weight excluding hydrogens is 337 g/mol. The lowest BCUT2D eigenvalue weighted by molar-refractivity contribution is 0.0272. The molecule has 2 aliphatic rings. The van der Waals surface area contributed by atoms with E-state index in [9.17, 15) is 0 Å². The van der Waals surface area contributed by atoms with Crippen LogP contribution >= 0.6 is 35.0 Å². The Bertz CT molecular complexity index is 543. The van der Waals surface area contributed by atoms with Gasteiger partial charge >= 0.3 is 0 Å². The van der Waals surface area contributed by atoms with Gasteiger partial charge in [-0.2, -0.15) is 0 Å². The van der Waals surface area contributed by atoms with E-state index >= 15 is 0 Å². The molecule has 1 aliphatic heterocycles. The highest BCUT2D eigenvalue weighted by atomic mass is 35.5. The SMILES string of the molecule is ClC1=CC=CC(Cl)C1S[C@H](c1ccccc1)C1CNCCO1. The van der Waals surface area contributed by atoms with E-state index in [1.165, 1.54) is 5.56 Å². The maximum Gasteiger partial charge on any atom is 0.0859 e. The van der Waals surface area contributed by atoms with Crippen LogP contribution in [0.2, 0.25) is 0 Å². The van der Waals surface area contributed by atoms with Crippen LogP contribution < -0.4 is 5.32 Å². The molecular formula is C17H19Cl2NOS. The number of alkyl halides is 1. The van der Waals surface area contributed by atoms with Crippen molar-refractivity contribution in [2.45, 2.75) is 22.0 Å². The topological polar surface area (TPSA) is 21.3 Å². The summed E-state index contributed by atoms with van der Waals surface area (Å²) in [4.78, 5) is 0. The van der Waals surface area contributed by atoms with Crippen molar-refractivity contribution in [2.75, 3.05) is 19.7 Å². The second kappa shape index (κ2) is 7.89. The lowest BCUT2D eigenvalue weighted by Gasteiger charge is -2.34. The Balaban J connectivity index is 1.82. The standard InChI is InChI=1S/C17H19Cl2NOS/c18-13-7-4-8-14(19)17(13)22-16(12-5-2-1-3-6-12)15-11-20-9-10-21-15/h1-8,13,15-17,20H,9-11H2/t13?,15?,16-,17?/m1/s1. The van der Waals surface area contributed by atoms with Gasteiger partial charge in [0.1, 0.15) is 0 Å². The molecule has 0 amide bonds. The molecule has 22 heavy (non-hydrogen) atoms. The fourth-order valence-corrected chi connectivity index (χ4v) is 4.96. The lowest BCUT2D eigenvalue weighted by atomic mass is 10.1. The quantitative estimate of drug-likeness (QED) is 0.820. The minimum absolute atomic E-state index is 0.0593. The number of ether oxygens (including phenoxy) is 1. The summed E-state index contributed by atoms with van der Waals surface area (Å²) in [6.45, 7) is 2.50. The molecule has 1 aromatic rings. The molecule has 0 radical (unpaired) electrons. The van der Waals surface area contributed by atoms with Crippen LogP contribution in [0.5, 0.6) is 0 Å². The molecule has 3 rings (SSSR count). The van der Waals surface area contributed by atoms with Gasteiger partial charge in [-0.25, -0.2) is 0 Å². The fourth-order valence-electron chi connectivity index (χ4n) is 2.70. The van der Waals surface area contributed by atoms with Gasteiger partial charge in [0.25, 0.3) is 0 Å². The molecule has 1 aromatic carbocycles. The highest BCUT2D eigenvalue weighted by Crippen LogP contribution is 2.43. The average molecular weight is 356 g/mol. The number of allylic oxidation sites excluding steroid dienone is 3. The molecule has 0 saturated carbocycles. The summed E-state index contributed by atoms with van der Waals surface area (Å²) >= 11 is 14.6. The smallest absolute Gasteiger partial charge is 0.0859 e. The number of nitrogens with one attached hydrogen (secondary N) is 1. The summed E-state index contributed by atoms with van der Waals surface area (Å²) < 4.78 is 6.00. The summed E-state index contributed by atoms with van der Waals surface area (Å²) in [6, 6.07) is 10.5. The molecule has 1 N–H and O–H groups in total. The van der Waals surface area contributed by atoms with Crippen LogP contribution in [0.3, 0.4) is 0 Å². The molecule has 1 heterocycles. The van der Waals surface area contributed by atoms with Crippen molar-refractivity contribution in [2.24, 2.45) is 0 Å². The first-order valence-corrected chi connectivity index (χ1v) is 9.22. The minimum atomic E-state index is -0.0924. The number of hydrogen-bond donors (Lipinski definition) is 1. The summed E-state index contributed by atoms with van der Waals surface area (Å²) in [7, 11) is 0. The molecule has 4 atom stereocenters. The number of benzene rings is 1. The number of morpholine rings is 1. The van der Waals surface area contributed by atoms with Crippen molar-refractivity contribution in [3.63, 3.8) is 0 Å². The Morgan fingerprint density at radius 2 is 2.09 bits per heavy atom. The van der Waals surface area contributed by atoms with Crippen molar-refractivity contribution >= 4 is 35.0 Å². The van der Waals surface area contributed by atoms with Crippen molar-refractivity contribution in [3.8, 4) is 0 Å². The summed E-state index contributed by atoms with van der Waals surface area (Å²) in [5.41, 5.74) is 1.25. The highest BCUT2D eigenvalue weighted by molar-refractivity contribution is 8.00. The summed E-state index contributed by atoms with van der Waals surface area (Å²) in [5, 5.41) is 4.38. The maximum absolute atomic E-state index is 6.46. The van der Waals surface area contributed by atoms with E-state index in [4.69, 9.17) is 27.9 Å². The van der Waals surface area contributed by atoms with Crippen LogP contribution in [-0.4, -0.2) is 36.4 Å². The number of halogens is 2. The monoisotopic (exact) mass is 355 g/mol. The molecule has 1 fully saturated rings. The molecule has 1 aliphatic carbocycles. The third-order valence-electron chi connectivity index (χ3n) is 3.83. The van der Waals surface area contributed by atoms with E-state index in [1.807, 2.05) is 24.3 Å². The molecule has 3 unspecified atom stereocenters. The van der Waals surface area contributed by atoms with E-state index in [-0.39, 0.29) is 22.0 Å².